The number of halogens is 1. The Hall–Kier alpha value is -0.760. The lowest BCUT2D eigenvalue weighted by Gasteiger charge is -2.25. The topological polar surface area (TPSA) is 81.2 Å². The van der Waals surface area contributed by atoms with Crippen LogP contribution in [-0.2, 0) is 25.7 Å². The number of rotatable bonds is 4. The summed E-state index contributed by atoms with van der Waals surface area (Å²) < 4.78 is 28.2. The molecule has 1 aromatic heterocycles. The molecule has 118 valence electrons. The first-order valence-corrected chi connectivity index (χ1v) is 9.02. The standard InChI is InChI=1S/C13H20ClN3O3S/c1-13(2,21(3,18)19)11-7-9(16-12(14)17-11)6-10-8-20-5-4-15-10/h7,10,15H,4-6,8H2,1-3H3/t10-/m0/s1. The van der Waals surface area contributed by atoms with Gasteiger partial charge >= 0.3 is 0 Å². The van der Waals surface area contributed by atoms with Crippen molar-refractivity contribution in [1.82, 2.24) is 15.3 Å². The molecular weight excluding hydrogens is 314 g/mol. The molecule has 1 fully saturated rings. The lowest BCUT2D eigenvalue weighted by molar-refractivity contribution is 0.0767. The van der Waals surface area contributed by atoms with Crippen LogP contribution in [0.25, 0.3) is 0 Å². The third-order valence-electron chi connectivity index (χ3n) is 3.75. The molecule has 2 rings (SSSR count). The van der Waals surface area contributed by atoms with Gasteiger partial charge in [-0.1, -0.05) is 0 Å². The van der Waals surface area contributed by atoms with Crippen molar-refractivity contribution in [3.8, 4) is 0 Å². The molecular formula is C13H20ClN3O3S. The summed E-state index contributed by atoms with van der Waals surface area (Å²) in [7, 11) is -3.31. The van der Waals surface area contributed by atoms with E-state index in [-0.39, 0.29) is 11.3 Å². The Bertz CT molecular complexity index is 613. The van der Waals surface area contributed by atoms with Crippen molar-refractivity contribution in [3.63, 3.8) is 0 Å². The van der Waals surface area contributed by atoms with Crippen LogP contribution in [0.2, 0.25) is 5.28 Å². The van der Waals surface area contributed by atoms with E-state index in [1.54, 1.807) is 19.9 Å². The lowest BCUT2D eigenvalue weighted by Crippen LogP contribution is -2.42. The first-order valence-electron chi connectivity index (χ1n) is 6.75. The van der Waals surface area contributed by atoms with Crippen molar-refractivity contribution >= 4 is 21.4 Å². The fraction of sp³-hybridized carbons (Fsp3) is 0.692. The summed E-state index contributed by atoms with van der Waals surface area (Å²) in [4.78, 5) is 8.28. The number of nitrogens with zero attached hydrogens (tertiary/aromatic N) is 2. The molecule has 0 bridgehead atoms. The van der Waals surface area contributed by atoms with E-state index in [2.05, 4.69) is 15.3 Å². The number of aromatic nitrogens is 2. The molecule has 0 spiro atoms. The van der Waals surface area contributed by atoms with Crippen molar-refractivity contribution in [2.75, 3.05) is 26.0 Å². The van der Waals surface area contributed by atoms with E-state index in [9.17, 15) is 8.42 Å². The van der Waals surface area contributed by atoms with E-state index >= 15 is 0 Å². The molecule has 0 aromatic carbocycles. The Balaban J connectivity index is 2.29. The van der Waals surface area contributed by atoms with Crippen LogP contribution in [-0.4, -0.2) is 50.4 Å². The maximum atomic E-state index is 11.9. The molecule has 1 N–H and O–H groups in total. The number of nitrogens with one attached hydrogen (secondary N) is 1. The van der Waals surface area contributed by atoms with Crippen molar-refractivity contribution < 1.29 is 13.2 Å². The highest BCUT2D eigenvalue weighted by Gasteiger charge is 2.34. The average molecular weight is 334 g/mol. The summed E-state index contributed by atoms with van der Waals surface area (Å²) in [6.45, 7) is 5.34. The Morgan fingerprint density at radius 3 is 2.76 bits per heavy atom. The van der Waals surface area contributed by atoms with Gasteiger partial charge in [-0.25, -0.2) is 18.4 Å². The highest BCUT2D eigenvalue weighted by molar-refractivity contribution is 7.91. The van der Waals surface area contributed by atoms with Gasteiger partial charge in [-0.05, 0) is 31.5 Å². The van der Waals surface area contributed by atoms with Gasteiger partial charge < -0.3 is 10.1 Å². The van der Waals surface area contributed by atoms with Crippen LogP contribution in [0, 0.1) is 0 Å². The molecule has 1 saturated heterocycles. The smallest absolute Gasteiger partial charge is 0.222 e. The molecule has 6 nitrogen and oxygen atoms in total. The van der Waals surface area contributed by atoms with Gasteiger partial charge in [-0.15, -0.1) is 0 Å². The highest BCUT2D eigenvalue weighted by Crippen LogP contribution is 2.28. The van der Waals surface area contributed by atoms with Crippen LogP contribution < -0.4 is 5.32 Å². The van der Waals surface area contributed by atoms with Crippen LogP contribution in [0.15, 0.2) is 6.07 Å². The van der Waals surface area contributed by atoms with Crippen LogP contribution >= 0.6 is 11.6 Å². The molecule has 1 aliphatic heterocycles. The molecule has 8 heteroatoms. The summed E-state index contributed by atoms with van der Waals surface area (Å²) in [5, 5.41) is 3.39. The minimum Gasteiger partial charge on any atom is -0.379 e. The van der Waals surface area contributed by atoms with Crippen molar-refractivity contribution in [1.29, 1.82) is 0 Å². The van der Waals surface area contributed by atoms with Gasteiger partial charge in [0.05, 0.1) is 18.9 Å². The fourth-order valence-electron chi connectivity index (χ4n) is 2.07. The Labute approximate surface area is 130 Å². The minimum absolute atomic E-state index is 0.0657. The quantitative estimate of drug-likeness (QED) is 0.826. The van der Waals surface area contributed by atoms with E-state index < -0.39 is 14.6 Å². The average Bonchev–Trinajstić information content (AvgIpc) is 2.37. The van der Waals surface area contributed by atoms with Crippen molar-refractivity contribution in [3.05, 3.63) is 22.7 Å². The third kappa shape index (κ3) is 3.91. The van der Waals surface area contributed by atoms with Crippen LogP contribution in [0.3, 0.4) is 0 Å². The van der Waals surface area contributed by atoms with Gasteiger partial charge in [0.15, 0.2) is 9.84 Å². The highest BCUT2D eigenvalue weighted by atomic mass is 35.5. The van der Waals surface area contributed by atoms with Crippen molar-refractivity contribution in [2.24, 2.45) is 0 Å². The van der Waals surface area contributed by atoms with Gasteiger partial charge in [-0.2, -0.15) is 0 Å². The predicted octanol–water partition coefficient (Wildman–Crippen LogP) is 0.941. The Morgan fingerprint density at radius 2 is 2.19 bits per heavy atom. The largest absolute Gasteiger partial charge is 0.379 e. The molecule has 0 saturated carbocycles. The summed E-state index contributed by atoms with van der Waals surface area (Å²) >= 11 is 5.96. The van der Waals surface area contributed by atoms with E-state index in [1.165, 1.54) is 6.26 Å². The molecule has 2 heterocycles. The number of hydrogen-bond donors (Lipinski definition) is 1. The molecule has 1 aliphatic rings. The van der Waals surface area contributed by atoms with Gasteiger partial charge in [0.2, 0.25) is 5.28 Å². The number of sulfone groups is 1. The second-order valence-corrected chi connectivity index (χ2v) is 8.63. The zero-order chi connectivity index (χ0) is 15.7. The number of ether oxygens (including phenoxy) is 1. The summed E-state index contributed by atoms with van der Waals surface area (Å²) in [6, 6.07) is 1.86. The second kappa shape index (κ2) is 6.16. The van der Waals surface area contributed by atoms with Gasteiger partial charge in [0, 0.05) is 31.0 Å². The summed E-state index contributed by atoms with van der Waals surface area (Å²) in [6.07, 6.45) is 1.81. The zero-order valence-corrected chi connectivity index (χ0v) is 14.0. The van der Waals surface area contributed by atoms with Gasteiger partial charge in [-0.3, -0.25) is 0 Å². The first kappa shape index (κ1) is 16.6. The SMILES string of the molecule is CC(C)(c1cc(C[C@H]2COCCN2)nc(Cl)n1)S(C)(=O)=O. The molecule has 1 aromatic rings. The molecule has 0 radical (unpaired) electrons. The van der Waals surface area contributed by atoms with Crippen LogP contribution in [0.5, 0.6) is 0 Å². The third-order valence-corrected chi connectivity index (χ3v) is 5.98. The summed E-state index contributed by atoms with van der Waals surface area (Å²) in [5.74, 6) is 0. The van der Waals surface area contributed by atoms with E-state index in [1.807, 2.05) is 0 Å². The van der Waals surface area contributed by atoms with Crippen molar-refractivity contribution in [2.45, 2.75) is 31.1 Å². The van der Waals surface area contributed by atoms with Gasteiger partial charge in [0.1, 0.15) is 4.75 Å². The maximum absolute atomic E-state index is 11.9. The number of morpholine rings is 1. The zero-order valence-electron chi connectivity index (χ0n) is 12.4. The lowest BCUT2D eigenvalue weighted by atomic mass is 10.1. The maximum Gasteiger partial charge on any atom is 0.222 e. The molecule has 1 atom stereocenters. The molecule has 0 amide bonds. The van der Waals surface area contributed by atoms with Crippen LogP contribution in [0.1, 0.15) is 25.2 Å². The van der Waals surface area contributed by atoms with E-state index in [0.29, 0.717) is 31.0 Å². The molecule has 21 heavy (non-hydrogen) atoms. The van der Waals surface area contributed by atoms with E-state index in [4.69, 9.17) is 16.3 Å². The normalized spacial score (nSPS) is 20.5. The Morgan fingerprint density at radius 1 is 1.48 bits per heavy atom. The van der Waals surface area contributed by atoms with E-state index in [0.717, 1.165) is 6.54 Å². The van der Waals surface area contributed by atoms with Crippen LogP contribution in [0.4, 0.5) is 0 Å². The summed E-state index contributed by atoms with van der Waals surface area (Å²) in [5.41, 5.74) is 1.13. The predicted molar refractivity (Wildman–Crippen MR) is 81.2 cm³/mol. The molecule has 0 unspecified atom stereocenters. The minimum atomic E-state index is -3.31. The molecule has 0 aliphatic carbocycles. The monoisotopic (exact) mass is 333 g/mol. The second-order valence-electron chi connectivity index (χ2n) is 5.73. The Kier molecular flexibility index (Phi) is 4.87. The first-order chi connectivity index (χ1) is 9.70. The van der Waals surface area contributed by atoms with Gasteiger partial charge in [0.25, 0.3) is 0 Å². The number of hydrogen-bond acceptors (Lipinski definition) is 6. The fourth-order valence-corrected chi connectivity index (χ4v) is 2.76.